The van der Waals surface area contributed by atoms with Crippen molar-refractivity contribution in [2.45, 2.75) is 19.5 Å². The van der Waals surface area contributed by atoms with Crippen LogP contribution in [0.5, 0.6) is 0 Å². The first-order chi connectivity index (χ1) is 10.3. The van der Waals surface area contributed by atoms with E-state index in [0.29, 0.717) is 17.1 Å². The van der Waals surface area contributed by atoms with Crippen molar-refractivity contribution in [3.8, 4) is 0 Å². The fourth-order valence-corrected chi connectivity index (χ4v) is 2.21. The Morgan fingerprint density at radius 2 is 1.91 bits per heavy atom. The third kappa shape index (κ3) is 3.80. The van der Waals surface area contributed by atoms with E-state index in [-0.39, 0.29) is 5.56 Å². The number of hydrogen-bond donors (Lipinski definition) is 1. The van der Waals surface area contributed by atoms with Crippen molar-refractivity contribution in [1.29, 1.82) is 0 Å². The Hall–Kier alpha value is -2.01. The number of rotatable bonds is 3. The van der Waals surface area contributed by atoms with Crippen LogP contribution in [0.4, 0.5) is 18.9 Å². The molecule has 6 heteroatoms. The van der Waals surface area contributed by atoms with Gasteiger partial charge in [-0.2, -0.15) is 13.2 Å². The zero-order valence-electron chi connectivity index (χ0n) is 11.7. The summed E-state index contributed by atoms with van der Waals surface area (Å²) in [5.74, 6) is -0.601. The second kappa shape index (κ2) is 6.40. The van der Waals surface area contributed by atoms with E-state index >= 15 is 0 Å². The number of carbonyl (C=O) groups is 1. The van der Waals surface area contributed by atoms with Crippen molar-refractivity contribution in [2.75, 3.05) is 5.32 Å². The van der Waals surface area contributed by atoms with Crippen molar-refractivity contribution in [1.82, 2.24) is 0 Å². The van der Waals surface area contributed by atoms with Crippen molar-refractivity contribution in [3.05, 3.63) is 64.2 Å². The molecule has 0 aromatic heterocycles. The average Bonchev–Trinajstić information content (AvgIpc) is 2.48. The van der Waals surface area contributed by atoms with E-state index in [1.165, 1.54) is 12.1 Å². The van der Waals surface area contributed by atoms with Crippen LogP contribution in [0.2, 0.25) is 5.02 Å². The van der Waals surface area contributed by atoms with E-state index in [1.807, 2.05) is 6.92 Å². The van der Waals surface area contributed by atoms with Crippen LogP contribution in [-0.4, -0.2) is 5.91 Å². The highest BCUT2D eigenvalue weighted by Gasteiger charge is 2.30. The molecule has 0 aliphatic rings. The average molecular weight is 328 g/mol. The van der Waals surface area contributed by atoms with E-state index < -0.39 is 17.6 Å². The Bertz CT molecular complexity index is 698. The van der Waals surface area contributed by atoms with Crippen molar-refractivity contribution < 1.29 is 18.0 Å². The zero-order chi connectivity index (χ0) is 16.3. The summed E-state index contributed by atoms with van der Waals surface area (Å²) in [6, 6.07) is 9.24. The lowest BCUT2D eigenvalue weighted by Crippen LogP contribution is -2.14. The summed E-state index contributed by atoms with van der Waals surface area (Å²) in [6.07, 6.45) is -3.79. The molecule has 22 heavy (non-hydrogen) atoms. The van der Waals surface area contributed by atoms with Gasteiger partial charge in [0.25, 0.3) is 5.91 Å². The van der Waals surface area contributed by atoms with Crippen molar-refractivity contribution in [2.24, 2.45) is 0 Å². The first-order valence-electron chi connectivity index (χ1n) is 6.58. The lowest BCUT2D eigenvalue weighted by Gasteiger charge is -2.10. The van der Waals surface area contributed by atoms with Crippen LogP contribution in [0, 0.1) is 0 Å². The Morgan fingerprint density at radius 3 is 2.55 bits per heavy atom. The monoisotopic (exact) mass is 327 g/mol. The molecule has 0 fully saturated rings. The summed E-state index contributed by atoms with van der Waals surface area (Å²) in [6.45, 7) is 1.92. The third-order valence-corrected chi connectivity index (χ3v) is 3.51. The molecule has 116 valence electrons. The van der Waals surface area contributed by atoms with Gasteiger partial charge in [-0.1, -0.05) is 24.6 Å². The lowest BCUT2D eigenvalue weighted by atomic mass is 10.1. The molecule has 0 radical (unpaired) electrons. The summed E-state index contributed by atoms with van der Waals surface area (Å²) >= 11 is 5.98. The first kappa shape index (κ1) is 16.4. The minimum absolute atomic E-state index is 0.0529. The van der Waals surface area contributed by atoms with Gasteiger partial charge in [0.15, 0.2) is 0 Å². The number of benzene rings is 2. The molecule has 2 nitrogen and oxygen atoms in total. The molecule has 0 spiro atoms. The molecular weight excluding hydrogens is 315 g/mol. The van der Waals surface area contributed by atoms with E-state index in [1.54, 1.807) is 18.2 Å². The molecule has 0 atom stereocenters. The molecule has 2 aromatic carbocycles. The highest BCUT2D eigenvalue weighted by Crippen LogP contribution is 2.29. The molecule has 0 aliphatic carbocycles. The van der Waals surface area contributed by atoms with E-state index in [0.717, 1.165) is 17.7 Å². The lowest BCUT2D eigenvalue weighted by molar-refractivity contribution is -0.137. The third-order valence-electron chi connectivity index (χ3n) is 3.14. The Kier molecular flexibility index (Phi) is 4.76. The first-order valence-corrected chi connectivity index (χ1v) is 6.96. The largest absolute Gasteiger partial charge is 0.416 e. The molecule has 0 saturated carbocycles. The summed E-state index contributed by atoms with van der Waals surface area (Å²) in [4.78, 5) is 12.1. The van der Waals surface area contributed by atoms with Crippen LogP contribution in [0.25, 0.3) is 0 Å². The highest BCUT2D eigenvalue weighted by atomic mass is 35.5. The van der Waals surface area contributed by atoms with Crippen LogP contribution in [0.3, 0.4) is 0 Å². The Morgan fingerprint density at radius 1 is 1.18 bits per heavy atom. The van der Waals surface area contributed by atoms with E-state index in [2.05, 4.69) is 5.32 Å². The van der Waals surface area contributed by atoms with Crippen molar-refractivity contribution in [3.63, 3.8) is 0 Å². The van der Waals surface area contributed by atoms with Crippen LogP contribution in [-0.2, 0) is 12.6 Å². The summed E-state index contributed by atoms with van der Waals surface area (Å²) in [7, 11) is 0. The number of nitrogens with one attached hydrogen (secondary N) is 1. The van der Waals surface area contributed by atoms with Gasteiger partial charge in [-0.05, 0) is 48.4 Å². The molecule has 1 N–H and O–H groups in total. The van der Waals surface area contributed by atoms with Crippen LogP contribution >= 0.6 is 11.6 Å². The molecule has 2 rings (SSSR count). The van der Waals surface area contributed by atoms with Crippen LogP contribution < -0.4 is 5.32 Å². The van der Waals surface area contributed by atoms with E-state index in [4.69, 9.17) is 11.6 Å². The predicted molar refractivity (Wildman–Crippen MR) is 80.2 cm³/mol. The van der Waals surface area contributed by atoms with Crippen molar-refractivity contribution >= 4 is 23.2 Å². The number of alkyl halides is 3. The number of halogens is 4. The van der Waals surface area contributed by atoms with Crippen LogP contribution in [0.15, 0.2) is 42.5 Å². The summed E-state index contributed by atoms with van der Waals surface area (Å²) in [5.41, 5.74) is 0.431. The van der Waals surface area contributed by atoms with Gasteiger partial charge < -0.3 is 5.32 Å². The molecule has 0 bridgehead atoms. The van der Waals surface area contributed by atoms with Gasteiger partial charge in [-0.25, -0.2) is 0 Å². The number of amides is 1. The highest BCUT2D eigenvalue weighted by molar-refractivity contribution is 6.31. The summed E-state index contributed by atoms with van der Waals surface area (Å²) < 4.78 is 38.0. The number of hydrogen-bond acceptors (Lipinski definition) is 1. The van der Waals surface area contributed by atoms with Gasteiger partial charge in [-0.3, -0.25) is 4.79 Å². The Balaban J connectivity index is 2.23. The molecular formula is C16H13ClF3NO. The molecule has 2 aromatic rings. The minimum atomic E-state index is -4.48. The van der Waals surface area contributed by atoms with Gasteiger partial charge in [0.2, 0.25) is 0 Å². The molecule has 0 unspecified atom stereocenters. The fraction of sp³-hybridized carbons (Fsp3) is 0.188. The van der Waals surface area contributed by atoms with Gasteiger partial charge in [0.1, 0.15) is 0 Å². The van der Waals surface area contributed by atoms with Gasteiger partial charge in [0, 0.05) is 16.3 Å². The predicted octanol–water partition coefficient (Wildman–Crippen LogP) is 5.17. The minimum Gasteiger partial charge on any atom is -0.322 e. The van der Waals surface area contributed by atoms with Gasteiger partial charge >= 0.3 is 6.18 Å². The fourth-order valence-electron chi connectivity index (χ4n) is 1.96. The van der Waals surface area contributed by atoms with Gasteiger partial charge in [-0.15, -0.1) is 0 Å². The second-order valence-electron chi connectivity index (χ2n) is 4.69. The normalized spacial score (nSPS) is 11.3. The number of aryl methyl sites for hydroxylation is 1. The molecule has 1 amide bonds. The second-order valence-corrected chi connectivity index (χ2v) is 5.10. The molecule has 0 heterocycles. The molecule has 0 saturated heterocycles. The number of anilines is 1. The SMILES string of the molecule is CCc1cc(NC(=O)c2cccc(C(F)(F)F)c2)ccc1Cl. The maximum Gasteiger partial charge on any atom is 0.416 e. The zero-order valence-corrected chi connectivity index (χ0v) is 12.4. The van der Waals surface area contributed by atoms with Gasteiger partial charge in [0.05, 0.1) is 5.56 Å². The standard InChI is InChI=1S/C16H13ClF3NO/c1-2-10-9-13(6-7-14(10)17)21-15(22)11-4-3-5-12(8-11)16(18,19)20/h3-9H,2H2,1H3,(H,21,22). The maximum atomic E-state index is 12.7. The van der Waals surface area contributed by atoms with E-state index in [9.17, 15) is 18.0 Å². The maximum absolute atomic E-state index is 12.7. The smallest absolute Gasteiger partial charge is 0.322 e. The van der Waals surface area contributed by atoms with Crippen LogP contribution in [0.1, 0.15) is 28.4 Å². The summed E-state index contributed by atoms with van der Waals surface area (Å²) in [5, 5.41) is 3.16. The Labute approximate surface area is 130 Å². The molecule has 0 aliphatic heterocycles. The topological polar surface area (TPSA) is 29.1 Å². The number of carbonyl (C=O) groups excluding carboxylic acids is 1. The quantitative estimate of drug-likeness (QED) is 0.827.